The Morgan fingerprint density at radius 2 is 1.86 bits per heavy atom. The van der Waals surface area contributed by atoms with Crippen LogP contribution in [0.3, 0.4) is 0 Å². The molecule has 2 atom stereocenters. The fourth-order valence-corrected chi connectivity index (χ4v) is 1.62. The number of Topliss-reactive ketones (excluding diaryl/α,β-unsaturated/α-hetero) is 1. The molecule has 0 aliphatic heterocycles. The van der Waals surface area contributed by atoms with Crippen LogP contribution in [0.2, 0.25) is 0 Å². The quantitative estimate of drug-likeness (QED) is 0.193. The molecular weight excluding hydrogens is 306 g/mol. The van der Waals surface area contributed by atoms with Crippen LogP contribution in [0.1, 0.15) is 40.5 Å². The zero-order chi connectivity index (χ0) is 17.3. The normalized spacial score (nSPS) is 13.2. The number of thiol groups is 1. The van der Waals surface area contributed by atoms with Crippen LogP contribution < -0.4 is 5.32 Å². The van der Waals surface area contributed by atoms with E-state index in [4.69, 9.17) is 10.3 Å². The molecule has 0 radical (unpaired) electrons. The number of esters is 1. The summed E-state index contributed by atoms with van der Waals surface area (Å²) < 4.78 is 5.09. The Kier molecular flexibility index (Phi) is 9.37. The van der Waals surface area contributed by atoms with Crippen molar-refractivity contribution in [1.82, 2.24) is 5.32 Å². The number of carbonyl (C=O) groups excluding carboxylic acids is 3. The molecule has 0 spiro atoms. The largest absolute Gasteiger partial charge is 0.461 e. The molecule has 2 N–H and O–H groups in total. The minimum absolute atomic E-state index is 0.00202. The molecule has 0 heterocycles. The molecule has 7 nitrogen and oxygen atoms in total. The van der Waals surface area contributed by atoms with Crippen LogP contribution in [0.5, 0.6) is 0 Å². The predicted molar refractivity (Wildman–Crippen MR) is 84.1 cm³/mol. The first-order valence-corrected chi connectivity index (χ1v) is 7.62. The number of amides is 1. The van der Waals surface area contributed by atoms with Gasteiger partial charge in [0.1, 0.15) is 6.04 Å². The Morgan fingerprint density at radius 1 is 1.27 bits per heavy atom. The van der Waals surface area contributed by atoms with Crippen LogP contribution in [-0.2, 0) is 19.1 Å². The summed E-state index contributed by atoms with van der Waals surface area (Å²) in [5, 5.41) is 2.01. The molecule has 0 aliphatic rings. The van der Waals surface area contributed by atoms with Crippen LogP contribution in [0, 0.1) is 11.4 Å². The van der Waals surface area contributed by atoms with Crippen molar-refractivity contribution >= 4 is 36.5 Å². The van der Waals surface area contributed by atoms with Gasteiger partial charge >= 0.3 is 12.2 Å². The van der Waals surface area contributed by atoms with Crippen LogP contribution in [0.15, 0.2) is 0 Å². The Hall–Kier alpha value is -1.66. The fourth-order valence-electron chi connectivity index (χ4n) is 1.55. The average Bonchev–Trinajstić information content (AvgIpc) is 2.41. The third-order valence-electron chi connectivity index (χ3n) is 2.74. The van der Waals surface area contributed by atoms with Gasteiger partial charge in [0.05, 0.1) is 21.7 Å². The smallest absolute Gasteiger partial charge is 0.372 e. The van der Waals surface area contributed by atoms with Gasteiger partial charge in [0.25, 0.3) is 0 Å². The third kappa shape index (κ3) is 7.95. The van der Waals surface area contributed by atoms with Crippen molar-refractivity contribution in [2.45, 2.75) is 57.9 Å². The van der Waals surface area contributed by atoms with Gasteiger partial charge in [-0.05, 0) is 26.2 Å². The number of ketones is 1. The summed E-state index contributed by atoms with van der Waals surface area (Å²) in [5.74, 6) is -1.37. The van der Waals surface area contributed by atoms with E-state index in [2.05, 4.69) is 22.7 Å². The SMILES string of the molecule is CC(C)OC(=O)[C@H](CCC(=O)C=[N+]=N)NC(=O)[C@@H](S)C(C)C. The van der Waals surface area contributed by atoms with E-state index in [1.165, 1.54) is 0 Å². The predicted octanol–water partition coefficient (Wildman–Crippen LogP) is 1.04. The van der Waals surface area contributed by atoms with Gasteiger partial charge in [-0.15, -0.1) is 0 Å². The molecule has 0 saturated heterocycles. The van der Waals surface area contributed by atoms with Crippen molar-refractivity contribution in [2.24, 2.45) is 5.92 Å². The summed E-state index contributed by atoms with van der Waals surface area (Å²) >= 11 is 4.20. The molecule has 0 aromatic rings. The maximum absolute atomic E-state index is 12.0. The molecule has 0 unspecified atom stereocenters. The lowest BCUT2D eigenvalue weighted by Gasteiger charge is -2.21. The van der Waals surface area contributed by atoms with E-state index in [0.717, 1.165) is 6.21 Å². The zero-order valence-electron chi connectivity index (χ0n) is 13.3. The molecule has 0 aromatic carbocycles. The molecule has 0 aliphatic carbocycles. The van der Waals surface area contributed by atoms with E-state index in [1.807, 2.05) is 13.8 Å². The summed E-state index contributed by atoms with van der Waals surface area (Å²) in [6, 6.07) is -0.925. The van der Waals surface area contributed by atoms with Gasteiger partial charge in [0.2, 0.25) is 11.7 Å². The molecule has 8 heteroatoms. The van der Waals surface area contributed by atoms with Crippen molar-refractivity contribution in [3.8, 4) is 0 Å². The van der Waals surface area contributed by atoms with Crippen molar-refractivity contribution in [3.63, 3.8) is 0 Å². The van der Waals surface area contributed by atoms with Gasteiger partial charge in [-0.2, -0.15) is 12.6 Å². The second-order valence-electron chi connectivity index (χ2n) is 5.50. The Balaban J connectivity index is 4.85. The van der Waals surface area contributed by atoms with Gasteiger partial charge < -0.3 is 10.1 Å². The number of carbonyl (C=O) groups is 3. The highest BCUT2D eigenvalue weighted by Crippen LogP contribution is 2.11. The molecule has 22 heavy (non-hydrogen) atoms. The molecule has 0 fully saturated rings. The minimum atomic E-state index is -0.925. The molecule has 124 valence electrons. The Bertz CT molecular complexity index is 459. The van der Waals surface area contributed by atoms with Crippen LogP contribution in [0.4, 0.5) is 0 Å². The van der Waals surface area contributed by atoms with Gasteiger partial charge in [-0.25, -0.2) is 4.79 Å². The topological polar surface area (TPSA) is 110 Å². The first-order valence-electron chi connectivity index (χ1n) is 7.10. The number of hydrogen-bond donors (Lipinski definition) is 3. The highest BCUT2D eigenvalue weighted by atomic mass is 32.1. The first kappa shape index (κ1) is 20.3. The molecule has 0 bridgehead atoms. The van der Waals surface area contributed by atoms with Crippen molar-refractivity contribution < 1.29 is 23.9 Å². The fraction of sp³-hybridized carbons (Fsp3) is 0.714. The summed E-state index contributed by atoms with van der Waals surface area (Å²) in [4.78, 5) is 38.3. The average molecular weight is 330 g/mol. The van der Waals surface area contributed by atoms with Gasteiger partial charge in [0, 0.05) is 6.42 Å². The van der Waals surface area contributed by atoms with E-state index in [-0.39, 0.29) is 30.8 Å². The maximum atomic E-state index is 12.0. The molecular formula is C14H24N3O4S+. The van der Waals surface area contributed by atoms with E-state index >= 15 is 0 Å². The monoisotopic (exact) mass is 330 g/mol. The highest BCUT2D eigenvalue weighted by molar-refractivity contribution is 7.81. The van der Waals surface area contributed by atoms with Gasteiger partial charge in [-0.3, -0.25) is 9.59 Å². The first-order chi connectivity index (χ1) is 10.2. The summed E-state index contributed by atoms with van der Waals surface area (Å²) in [5.41, 5.74) is 6.59. The number of hydrogen-bond acceptors (Lipinski definition) is 6. The number of nitrogens with zero attached hydrogens (tertiary/aromatic N) is 1. The van der Waals surface area contributed by atoms with Crippen molar-refractivity contribution in [3.05, 3.63) is 0 Å². The molecule has 0 saturated carbocycles. The standard InChI is InChI=1S/C14H23N3O4S/c1-8(2)12(22)13(19)17-11(14(20)21-9(3)4)6-5-10(18)7-16-15/h7-9,11-12,15H,5-6H2,1-4H3,(H-,17,19,22)/p+1/t11-,12-/m0/s1. The lowest BCUT2D eigenvalue weighted by Crippen LogP contribution is -2.46. The highest BCUT2D eigenvalue weighted by Gasteiger charge is 2.27. The minimum Gasteiger partial charge on any atom is -0.461 e. The van der Waals surface area contributed by atoms with Gasteiger partial charge in [-0.1, -0.05) is 13.8 Å². The van der Waals surface area contributed by atoms with Crippen LogP contribution >= 0.6 is 12.6 Å². The summed E-state index contributed by atoms with van der Waals surface area (Å²) in [6.07, 6.45) is 0.608. The van der Waals surface area contributed by atoms with Crippen molar-refractivity contribution in [1.29, 1.82) is 5.53 Å². The Labute approximate surface area is 135 Å². The molecule has 0 rings (SSSR count). The lowest BCUT2D eigenvalue weighted by molar-refractivity contribution is -0.151. The number of ether oxygens (including phenoxy) is 1. The van der Waals surface area contributed by atoms with Gasteiger partial charge in [0.15, 0.2) is 0 Å². The second-order valence-corrected chi connectivity index (χ2v) is 6.06. The van der Waals surface area contributed by atoms with Crippen molar-refractivity contribution in [2.75, 3.05) is 0 Å². The third-order valence-corrected chi connectivity index (χ3v) is 3.57. The summed E-state index contributed by atoms with van der Waals surface area (Å²) in [7, 11) is 0. The lowest BCUT2D eigenvalue weighted by atomic mass is 10.1. The number of rotatable bonds is 9. The van der Waals surface area contributed by atoms with Crippen LogP contribution in [0.25, 0.3) is 0 Å². The van der Waals surface area contributed by atoms with E-state index < -0.39 is 23.0 Å². The van der Waals surface area contributed by atoms with E-state index in [0.29, 0.717) is 0 Å². The molecule has 0 aromatic heterocycles. The summed E-state index contributed by atoms with van der Waals surface area (Å²) in [6.45, 7) is 7.08. The van der Waals surface area contributed by atoms with E-state index in [1.54, 1.807) is 13.8 Å². The number of nitrogens with one attached hydrogen (secondary N) is 2. The van der Waals surface area contributed by atoms with E-state index in [9.17, 15) is 14.4 Å². The Morgan fingerprint density at radius 3 is 2.32 bits per heavy atom. The zero-order valence-corrected chi connectivity index (χ0v) is 14.2. The maximum Gasteiger partial charge on any atom is 0.372 e. The van der Waals surface area contributed by atoms with Crippen LogP contribution in [-0.4, -0.2) is 46.1 Å². The second kappa shape index (κ2) is 10.1. The molecule has 1 amide bonds.